The summed E-state index contributed by atoms with van der Waals surface area (Å²) in [4.78, 5) is 4.22. The van der Waals surface area contributed by atoms with Crippen molar-refractivity contribution in [1.29, 1.82) is 5.26 Å². The van der Waals surface area contributed by atoms with E-state index in [2.05, 4.69) is 15.1 Å². The number of fused-ring (bicyclic) bond motifs is 1. The summed E-state index contributed by atoms with van der Waals surface area (Å²) in [5.41, 5.74) is 1.67. The van der Waals surface area contributed by atoms with E-state index >= 15 is 0 Å². The van der Waals surface area contributed by atoms with Crippen molar-refractivity contribution in [2.24, 2.45) is 0 Å². The van der Waals surface area contributed by atoms with E-state index in [-0.39, 0.29) is 5.82 Å². The number of nitriles is 1. The third-order valence-corrected chi connectivity index (χ3v) is 5.24. The van der Waals surface area contributed by atoms with Gasteiger partial charge in [-0.3, -0.25) is 0 Å². The van der Waals surface area contributed by atoms with Crippen molar-refractivity contribution in [2.45, 2.75) is 18.8 Å². The molecule has 1 saturated heterocycles. The first kappa shape index (κ1) is 16.0. The Morgan fingerprint density at radius 2 is 1.78 bits per heavy atom. The van der Waals surface area contributed by atoms with Crippen LogP contribution in [0.4, 0.5) is 15.9 Å². The van der Waals surface area contributed by atoms with Crippen LogP contribution in [0.2, 0.25) is 0 Å². The molecule has 2 fully saturated rings. The summed E-state index contributed by atoms with van der Waals surface area (Å²) in [7, 11) is 0. The number of hydrogen-bond donors (Lipinski definition) is 0. The smallest absolute Gasteiger partial charge is 0.178 e. The van der Waals surface area contributed by atoms with Gasteiger partial charge in [0.05, 0.1) is 17.3 Å². The molecule has 1 saturated carbocycles. The number of aromatic nitrogens is 4. The molecule has 2 aliphatic rings. The lowest BCUT2D eigenvalue weighted by Gasteiger charge is -2.36. The van der Waals surface area contributed by atoms with E-state index in [0.717, 1.165) is 43.2 Å². The van der Waals surface area contributed by atoms with E-state index in [9.17, 15) is 4.39 Å². The lowest BCUT2D eigenvalue weighted by molar-refractivity contribution is 0.594. The van der Waals surface area contributed by atoms with Crippen LogP contribution in [0.15, 0.2) is 30.3 Å². The molecule has 1 aliphatic heterocycles. The van der Waals surface area contributed by atoms with Gasteiger partial charge in [-0.25, -0.2) is 4.39 Å². The standard InChI is InChI=1S/C19H18FN7/c20-15-11-13(12-21)1-4-16(15)25-7-9-26(10-8-25)18-6-5-17-22-23-19(14-2-3-14)27(17)24-18/h1,4-6,11,14H,2-3,7-10H2. The number of nitrogens with zero attached hydrogens (tertiary/aromatic N) is 7. The molecule has 0 N–H and O–H groups in total. The molecular formula is C19H18FN7. The van der Waals surface area contributed by atoms with Gasteiger partial charge >= 0.3 is 0 Å². The first-order valence-electron chi connectivity index (χ1n) is 9.15. The summed E-state index contributed by atoms with van der Waals surface area (Å²) in [5.74, 6) is 1.98. The van der Waals surface area contributed by atoms with Gasteiger partial charge in [0, 0.05) is 32.1 Å². The van der Waals surface area contributed by atoms with Crippen molar-refractivity contribution < 1.29 is 4.39 Å². The molecule has 0 amide bonds. The third-order valence-electron chi connectivity index (χ3n) is 5.24. The normalized spacial score (nSPS) is 17.3. The second-order valence-electron chi connectivity index (χ2n) is 7.05. The Balaban J connectivity index is 1.34. The van der Waals surface area contributed by atoms with Crippen LogP contribution in [0, 0.1) is 17.1 Å². The van der Waals surface area contributed by atoms with E-state index in [0.29, 0.717) is 30.3 Å². The van der Waals surface area contributed by atoms with Gasteiger partial charge in [-0.1, -0.05) is 0 Å². The van der Waals surface area contributed by atoms with Crippen LogP contribution in [0.5, 0.6) is 0 Å². The summed E-state index contributed by atoms with van der Waals surface area (Å²) >= 11 is 0. The molecular weight excluding hydrogens is 345 g/mol. The maximum atomic E-state index is 14.3. The third kappa shape index (κ3) is 2.85. The summed E-state index contributed by atoms with van der Waals surface area (Å²) < 4.78 is 16.1. The fourth-order valence-corrected chi connectivity index (χ4v) is 3.57. The molecule has 1 aromatic carbocycles. The predicted molar refractivity (Wildman–Crippen MR) is 98.3 cm³/mol. The Bertz CT molecular complexity index is 1040. The lowest BCUT2D eigenvalue weighted by Crippen LogP contribution is -2.47. The van der Waals surface area contributed by atoms with E-state index in [1.165, 1.54) is 6.07 Å². The Morgan fingerprint density at radius 3 is 2.48 bits per heavy atom. The topological polar surface area (TPSA) is 73.4 Å². The van der Waals surface area contributed by atoms with E-state index < -0.39 is 0 Å². The minimum absolute atomic E-state index is 0.341. The number of anilines is 2. The van der Waals surface area contributed by atoms with Crippen LogP contribution in [0.1, 0.15) is 30.1 Å². The summed E-state index contributed by atoms with van der Waals surface area (Å²) in [5, 5.41) is 22.1. The second-order valence-corrected chi connectivity index (χ2v) is 7.05. The SMILES string of the molecule is N#Cc1ccc(N2CCN(c3ccc4nnc(C5CC5)n4n3)CC2)c(F)c1. The fraction of sp³-hybridized carbons (Fsp3) is 0.368. The average Bonchev–Trinajstić information content (AvgIpc) is 3.46. The van der Waals surface area contributed by atoms with Gasteiger partial charge in [-0.2, -0.15) is 9.78 Å². The van der Waals surface area contributed by atoms with Gasteiger partial charge in [0.2, 0.25) is 0 Å². The number of hydrogen-bond acceptors (Lipinski definition) is 6. The largest absolute Gasteiger partial charge is 0.366 e. The zero-order valence-electron chi connectivity index (χ0n) is 14.7. The van der Waals surface area contributed by atoms with Crippen molar-refractivity contribution in [1.82, 2.24) is 19.8 Å². The Kier molecular flexibility index (Phi) is 3.67. The molecule has 1 aliphatic carbocycles. The monoisotopic (exact) mass is 363 g/mol. The highest BCUT2D eigenvalue weighted by Crippen LogP contribution is 2.38. The van der Waals surface area contributed by atoms with Crippen LogP contribution in [-0.4, -0.2) is 46.0 Å². The Labute approximate surface area is 155 Å². The first-order valence-corrected chi connectivity index (χ1v) is 9.15. The quantitative estimate of drug-likeness (QED) is 0.711. The molecule has 0 unspecified atom stereocenters. The van der Waals surface area contributed by atoms with Gasteiger partial charge in [0.1, 0.15) is 11.6 Å². The van der Waals surface area contributed by atoms with Crippen LogP contribution in [-0.2, 0) is 0 Å². The highest BCUT2D eigenvalue weighted by Gasteiger charge is 2.29. The predicted octanol–water partition coefficient (Wildman–Crippen LogP) is 2.34. The molecule has 8 heteroatoms. The van der Waals surface area contributed by atoms with Gasteiger partial charge in [0.25, 0.3) is 0 Å². The van der Waals surface area contributed by atoms with Crippen molar-refractivity contribution >= 4 is 17.2 Å². The zero-order chi connectivity index (χ0) is 18.4. The van der Waals surface area contributed by atoms with Gasteiger partial charge < -0.3 is 9.80 Å². The maximum Gasteiger partial charge on any atom is 0.178 e. The molecule has 0 bridgehead atoms. The molecule has 3 heterocycles. The molecule has 3 aromatic rings. The van der Waals surface area contributed by atoms with Crippen molar-refractivity contribution in [3.8, 4) is 6.07 Å². The van der Waals surface area contributed by atoms with Crippen molar-refractivity contribution in [3.05, 3.63) is 47.5 Å². The summed E-state index contributed by atoms with van der Waals surface area (Å²) in [6.07, 6.45) is 2.31. The fourth-order valence-electron chi connectivity index (χ4n) is 3.57. The maximum absolute atomic E-state index is 14.3. The second kappa shape index (κ2) is 6.20. The van der Waals surface area contributed by atoms with E-state index in [4.69, 9.17) is 10.4 Å². The molecule has 0 spiro atoms. The van der Waals surface area contributed by atoms with Gasteiger partial charge in [-0.15, -0.1) is 15.3 Å². The van der Waals surface area contributed by atoms with Crippen LogP contribution >= 0.6 is 0 Å². The summed E-state index contributed by atoms with van der Waals surface area (Å²) in [6, 6.07) is 10.5. The van der Waals surface area contributed by atoms with Crippen molar-refractivity contribution in [3.63, 3.8) is 0 Å². The molecule has 136 valence electrons. The summed E-state index contributed by atoms with van der Waals surface area (Å²) in [6.45, 7) is 2.89. The van der Waals surface area contributed by atoms with Crippen molar-refractivity contribution in [2.75, 3.05) is 36.0 Å². The lowest BCUT2D eigenvalue weighted by atomic mass is 10.2. The number of rotatable bonds is 3. The number of halogens is 1. The molecule has 27 heavy (non-hydrogen) atoms. The minimum atomic E-state index is -0.347. The molecule has 0 radical (unpaired) electrons. The molecule has 0 atom stereocenters. The highest BCUT2D eigenvalue weighted by molar-refractivity contribution is 5.53. The van der Waals surface area contributed by atoms with E-state index in [1.807, 2.05) is 27.6 Å². The Hall–Kier alpha value is -3.21. The van der Waals surface area contributed by atoms with Crippen LogP contribution in [0.3, 0.4) is 0 Å². The number of piperazine rings is 1. The Morgan fingerprint density at radius 1 is 1.00 bits per heavy atom. The molecule has 5 rings (SSSR count). The minimum Gasteiger partial charge on any atom is -0.366 e. The van der Waals surface area contributed by atoms with Crippen LogP contribution < -0.4 is 9.80 Å². The van der Waals surface area contributed by atoms with E-state index in [1.54, 1.807) is 12.1 Å². The highest BCUT2D eigenvalue weighted by atomic mass is 19.1. The first-order chi connectivity index (χ1) is 13.2. The molecule has 7 nitrogen and oxygen atoms in total. The van der Waals surface area contributed by atoms with Crippen LogP contribution in [0.25, 0.3) is 5.65 Å². The average molecular weight is 363 g/mol. The van der Waals surface area contributed by atoms with Gasteiger partial charge in [-0.05, 0) is 43.2 Å². The number of benzene rings is 1. The zero-order valence-corrected chi connectivity index (χ0v) is 14.7. The molecule has 2 aromatic heterocycles. The van der Waals surface area contributed by atoms with Gasteiger partial charge in [0.15, 0.2) is 11.5 Å².